The van der Waals surface area contributed by atoms with E-state index in [1.165, 1.54) is 24.3 Å². The quantitative estimate of drug-likeness (QED) is 0.768. The summed E-state index contributed by atoms with van der Waals surface area (Å²) in [6.07, 6.45) is 1.98. The fourth-order valence-corrected chi connectivity index (χ4v) is 3.95. The summed E-state index contributed by atoms with van der Waals surface area (Å²) in [5.74, 6) is -0.847. The average Bonchev–Trinajstić information content (AvgIpc) is 2.60. The van der Waals surface area contributed by atoms with E-state index >= 15 is 0 Å². The lowest BCUT2D eigenvalue weighted by Crippen LogP contribution is -2.49. The van der Waals surface area contributed by atoms with Gasteiger partial charge < -0.3 is 5.32 Å². The van der Waals surface area contributed by atoms with Gasteiger partial charge in [-0.3, -0.25) is 9.10 Å². The van der Waals surface area contributed by atoms with Crippen molar-refractivity contribution < 1.29 is 17.6 Å². The zero-order valence-corrected chi connectivity index (χ0v) is 15.7. The van der Waals surface area contributed by atoms with Crippen LogP contribution in [0.25, 0.3) is 0 Å². The molecular weight excluding hydrogens is 355 g/mol. The highest BCUT2D eigenvalue weighted by Crippen LogP contribution is 2.22. The Morgan fingerprint density at radius 1 is 1.12 bits per heavy atom. The van der Waals surface area contributed by atoms with E-state index in [-0.39, 0.29) is 11.6 Å². The summed E-state index contributed by atoms with van der Waals surface area (Å²) in [5, 5.41) is 2.80. The number of nitrogens with one attached hydrogen (secondary N) is 1. The molecule has 0 spiro atoms. The monoisotopic (exact) mass is 378 g/mol. The maximum absolute atomic E-state index is 13.2. The van der Waals surface area contributed by atoms with E-state index in [0.717, 1.165) is 16.1 Å². The summed E-state index contributed by atoms with van der Waals surface area (Å²) in [7, 11) is -3.71. The van der Waals surface area contributed by atoms with Gasteiger partial charge in [0, 0.05) is 6.54 Å². The number of anilines is 1. The smallest absolute Gasteiger partial charge is 0.243 e. The molecule has 0 aliphatic heterocycles. The zero-order chi connectivity index (χ0) is 19.2. The first-order chi connectivity index (χ1) is 12.3. The minimum absolute atomic E-state index is 0.263. The lowest BCUT2D eigenvalue weighted by Gasteiger charge is -2.30. The Labute approximate surface area is 153 Å². The molecule has 1 atom stereocenters. The Kier molecular flexibility index (Phi) is 6.74. The number of carbonyl (C=O) groups is 1. The van der Waals surface area contributed by atoms with Crippen LogP contribution in [0.15, 0.2) is 54.6 Å². The van der Waals surface area contributed by atoms with Gasteiger partial charge >= 0.3 is 0 Å². The highest BCUT2D eigenvalue weighted by atomic mass is 32.2. The summed E-state index contributed by atoms with van der Waals surface area (Å²) >= 11 is 0. The van der Waals surface area contributed by atoms with Gasteiger partial charge in [0.25, 0.3) is 0 Å². The molecule has 26 heavy (non-hydrogen) atoms. The molecule has 2 rings (SSSR count). The van der Waals surface area contributed by atoms with Crippen molar-refractivity contribution in [2.45, 2.75) is 25.8 Å². The molecular formula is C19H23FN2O3S. The molecule has 0 heterocycles. The van der Waals surface area contributed by atoms with Crippen molar-refractivity contribution in [2.24, 2.45) is 0 Å². The van der Waals surface area contributed by atoms with Crippen molar-refractivity contribution in [3.63, 3.8) is 0 Å². The van der Waals surface area contributed by atoms with Crippen LogP contribution in [0.2, 0.25) is 0 Å². The van der Waals surface area contributed by atoms with Gasteiger partial charge in [0.1, 0.15) is 11.9 Å². The second kappa shape index (κ2) is 8.80. The number of rotatable bonds is 8. The number of carbonyl (C=O) groups excluding carboxylic acids is 1. The molecule has 0 saturated carbocycles. The van der Waals surface area contributed by atoms with Gasteiger partial charge in [0.05, 0.1) is 11.9 Å². The van der Waals surface area contributed by atoms with Gasteiger partial charge in [-0.2, -0.15) is 0 Å². The highest BCUT2D eigenvalue weighted by Gasteiger charge is 2.31. The molecule has 0 radical (unpaired) electrons. The molecule has 0 fully saturated rings. The van der Waals surface area contributed by atoms with Crippen LogP contribution < -0.4 is 9.62 Å². The Morgan fingerprint density at radius 3 is 2.27 bits per heavy atom. The molecule has 0 aliphatic rings. The summed E-state index contributed by atoms with van der Waals surface area (Å²) in [6, 6.07) is 13.9. The molecule has 0 aromatic heterocycles. The van der Waals surface area contributed by atoms with Crippen molar-refractivity contribution in [3.05, 3.63) is 66.0 Å². The van der Waals surface area contributed by atoms with Crippen molar-refractivity contribution in [3.8, 4) is 0 Å². The van der Waals surface area contributed by atoms with Gasteiger partial charge in [-0.15, -0.1) is 0 Å². The first kappa shape index (κ1) is 19.9. The normalized spacial score (nSPS) is 12.4. The molecule has 2 aromatic carbocycles. The van der Waals surface area contributed by atoms with Gasteiger partial charge in [0.15, 0.2) is 0 Å². The summed E-state index contributed by atoms with van der Waals surface area (Å²) in [4.78, 5) is 12.6. The van der Waals surface area contributed by atoms with E-state index < -0.39 is 21.9 Å². The molecule has 7 heteroatoms. The Morgan fingerprint density at radius 2 is 1.73 bits per heavy atom. The van der Waals surface area contributed by atoms with Crippen molar-refractivity contribution in [1.29, 1.82) is 0 Å². The molecule has 1 amide bonds. The molecule has 0 bridgehead atoms. The maximum atomic E-state index is 13.2. The van der Waals surface area contributed by atoms with Crippen LogP contribution in [0.4, 0.5) is 10.1 Å². The van der Waals surface area contributed by atoms with E-state index in [0.29, 0.717) is 19.4 Å². The summed E-state index contributed by atoms with van der Waals surface area (Å²) in [6.45, 7) is 2.14. The van der Waals surface area contributed by atoms with E-state index in [2.05, 4.69) is 5.32 Å². The Balaban J connectivity index is 2.13. The maximum Gasteiger partial charge on any atom is 0.243 e. The van der Waals surface area contributed by atoms with E-state index in [4.69, 9.17) is 0 Å². The topological polar surface area (TPSA) is 66.5 Å². The molecule has 1 N–H and O–H groups in total. The Bertz CT molecular complexity index is 824. The number of hydrogen-bond donors (Lipinski definition) is 1. The van der Waals surface area contributed by atoms with Gasteiger partial charge in [-0.1, -0.05) is 37.3 Å². The van der Waals surface area contributed by atoms with Crippen molar-refractivity contribution >= 4 is 21.6 Å². The van der Waals surface area contributed by atoms with Crippen LogP contribution in [0.1, 0.15) is 18.9 Å². The Hall–Kier alpha value is -2.41. The standard InChI is InChI=1S/C19H23FN2O3S/c1-3-18(19(23)21-14-13-15-7-5-4-6-8-15)22(26(2,24)25)17-11-9-16(20)10-12-17/h4-12,18H,3,13-14H2,1-2H3,(H,21,23)/t18-/m1/s1. The molecule has 2 aromatic rings. The van der Waals surface area contributed by atoms with Gasteiger partial charge in [-0.25, -0.2) is 12.8 Å². The second-order valence-electron chi connectivity index (χ2n) is 5.99. The molecule has 0 unspecified atom stereocenters. The summed E-state index contributed by atoms with van der Waals surface area (Å²) in [5.41, 5.74) is 1.35. The van der Waals surface area contributed by atoms with Crippen LogP contribution >= 0.6 is 0 Å². The first-order valence-corrected chi connectivity index (χ1v) is 10.2. The third-order valence-corrected chi connectivity index (χ3v) is 5.15. The highest BCUT2D eigenvalue weighted by molar-refractivity contribution is 7.92. The van der Waals surface area contributed by atoms with Crippen LogP contribution in [-0.4, -0.2) is 33.2 Å². The summed E-state index contributed by atoms with van der Waals surface area (Å²) < 4.78 is 38.8. The number of nitrogens with zero attached hydrogens (tertiary/aromatic N) is 1. The number of hydrogen-bond acceptors (Lipinski definition) is 3. The minimum Gasteiger partial charge on any atom is -0.354 e. The SMILES string of the molecule is CC[C@H](C(=O)NCCc1ccccc1)N(c1ccc(F)cc1)S(C)(=O)=O. The van der Waals surface area contributed by atoms with Crippen LogP contribution in [-0.2, 0) is 21.2 Å². The predicted octanol–water partition coefficient (Wildman–Crippen LogP) is 2.73. The third kappa shape index (κ3) is 5.29. The van der Waals surface area contributed by atoms with E-state index in [9.17, 15) is 17.6 Å². The molecule has 0 aliphatic carbocycles. The fraction of sp³-hybridized carbons (Fsp3) is 0.316. The van der Waals surface area contributed by atoms with E-state index in [1.54, 1.807) is 6.92 Å². The van der Waals surface area contributed by atoms with Crippen LogP contribution in [0.3, 0.4) is 0 Å². The second-order valence-corrected chi connectivity index (χ2v) is 7.85. The molecule has 140 valence electrons. The van der Waals surface area contributed by atoms with E-state index in [1.807, 2.05) is 30.3 Å². The lowest BCUT2D eigenvalue weighted by molar-refractivity contribution is -0.122. The fourth-order valence-electron chi connectivity index (χ4n) is 2.74. The first-order valence-electron chi connectivity index (χ1n) is 8.39. The van der Waals surface area contributed by atoms with Crippen molar-refractivity contribution in [2.75, 3.05) is 17.1 Å². The molecule has 0 saturated heterocycles. The van der Waals surface area contributed by atoms with Crippen molar-refractivity contribution in [1.82, 2.24) is 5.32 Å². The minimum atomic E-state index is -3.71. The zero-order valence-electron chi connectivity index (χ0n) is 14.9. The number of sulfonamides is 1. The van der Waals surface area contributed by atoms with Crippen LogP contribution in [0.5, 0.6) is 0 Å². The lowest BCUT2D eigenvalue weighted by atomic mass is 10.1. The third-order valence-electron chi connectivity index (χ3n) is 3.97. The van der Waals surface area contributed by atoms with Gasteiger partial charge in [-0.05, 0) is 42.7 Å². The predicted molar refractivity (Wildman–Crippen MR) is 101 cm³/mol. The number of amides is 1. The van der Waals surface area contributed by atoms with Gasteiger partial charge in [0.2, 0.25) is 15.9 Å². The van der Waals surface area contributed by atoms with Crippen LogP contribution in [0, 0.1) is 5.82 Å². The molecule has 5 nitrogen and oxygen atoms in total. The average molecular weight is 378 g/mol. The largest absolute Gasteiger partial charge is 0.354 e. The number of halogens is 1. The number of benzene rings is 2.